The lowest BCUT2D eigenvalue weighted by Crippen LogP contribution is -2.15. The van der Waals surface area contributed by atoms with Crippen LogP contribution in [0.4, 0.5) is 13.2 Å². The van der Waals surface area contributed by atoms with Crippen LogP contribution in [-0.2, 0) is 11.3 Å². The summed E-state index contributed by atoms with van der Waals surface area (Å²) >= 11 is 0. The van der Waals surface area contributed by atoms with Crippen molar-refractivity contribution in [3.63, 3.8) is 0 Å². The van der Waals surface area contributed by atoms with Gasteiger partial charge in [0, 0.05) is 5.56 Å². The third-order valence-corrected chi connectivity index (χ3v) is 1.74. The molecule has 61 valence electrons. The van der Waals surface area contributed by atoms with Gasteiger partial charge in [-0.2, -0.15) is 0 Å². The molecule has 1 heterocycles. The van der Waals surface area contributed by atoms with E-state index in [1.165, 1.54) is 7.48 Å². The largest absolute Gasteiger partial charge is 0.430 e. The van der Waals surface area contributed by atoms with E-state index in [9.17, 15) is 13.2 Å². The average Bonchev–Trinajstić information content (AvgIpc) is 2.48. The van der Waals surface area contributed by atoms with Gasteiger partial charge in [0.1, 0.15) is 0 Å². The van der Waals surface area contributed by atoms with E-state index in [2.05, 4.69) is 0 Å². The van der Waals surface area contributed by atoms with Crippen molar-refractivity contribution in [2.45, 2.75) is 6.61 Å². The first-order valence-electron chi connectivity index (χ1n) is 3.31. The summed E-state index contributed by atoms with van der Waals surface area (Å²) < 4.78 is 42.7. The molecule has 0 amide bonds. The molecule has 0 saturated heterocycles. The van der Waals surface area contributed by atoms with Crippen LogP contribution in [0, 0.1) is 17.5 Å². The van der Waals surface area contributed by atoms with Gasteiger partial charge >= 0.3 is 7.48 Å². The molecule has 0 aliphatic carbocycles. The standard InChI is InChI=1S/C7H3BF3O/c9-5-1-4-3(2-12-8-4)6(10)7(5)11/h1H,2H2. The number of hydrogen-bond acceptors (Lipinski definition) is 1. The highest BCUT2D eigenvalue weighted by Crippen LogP contribution is 2.16. The molecule has 0 N–H and O–H groups in total. The quantitative estimate of drug-likeness (QED) is 0.415. The summed E-state index contributed by atoms with van der Waals surface area (Å²) in [5.74, 6) is -3.78. The second-order valence-corrected chi connectivity index (χ2v) is 2.48. The Hall–Kier alpha value is -0.965. The first-order valence-corrected chi connectivity index (χ1v) is 3.31. The van der Waals surface area contributed by atoms with E-state index < -0.39 is 17.5 Å². The lowest BCUT2D eigenvalue weighted by molar-refractivity contribution is 0.334. The van der Waals surface area contributed by atoms with Crippen molar-refractivity contribution in [1.82, 2.24) is 0 Å². The van der Waals surface area contributed by atoms with E-state index in [4.69, 9.17) is 4.65 Å². The number of benzene rings is 1. The van der Waals surface area contributed by atoms with Gasteiger partial charge in [-0.15, -0.1) is 0 Å². The molecule has 0 unspecified atom stereocenters. The Balaban J connectivity index is 2.67. The number of rotatable bonds is 0. The van der Waals surface area contributed by atoms with Crippen LogP contribution in [0.25, 0.3) is 0 Å². The summed E-state index contributed by atoms with van der Waals surface area (Å²) in [5.41, 5.74) is 0.348. The SMILES string of the molecule is Fc1cc2c(c(F)c1F)CO[B]2. The average molecular weight is 171 g/mol. The van der Waals surface area contributed by atoms with Gasteiger partial charge in [-0.05, 0) is 11.5 Å². The van der Waals surface area contributed by atoms with E-state index in [1.807, 2.05) is 0 Å². The highest BCUT2D eigenvalue weighted by atomic mass is 19.2. The van der Waals surface area contributed by atoms with Gasteiger partial charge in [-0.1, -0.05) is 0 Å². The van der Waals surface area contributed by atoms with Gasteiger partial charge in [0.2, 0.25) is 0 Å². The van der Waals surface area contributed by atoms with Crippen LogP contribution in [0.2, 0.25) is 0 Å². The lowest BCUT2D eigenvalue weighted by atomic mass is 9.87. The third kappa shape index (κ3) is 0.931. The van der Waals surface area contributed by atoms with Gasteiger partial charge in [0.15, 0.2) is 17.5 Å². The maximum Gasteiger partial charge on any atom is 0.331 e. The molecule has 1 aromatic carbocycles. The Labute approximate surface area is 67.4 Å². The maximum atomic E-state index is 12.8. The van der Waals surface area contributed by atoms with E-state index >= 15 is 0 Å². The summed E-state index contributed by atoms with van der Waals surface area (Å²) in [6.07, 6.45) is 0. The van der Waals surface area contributed by atoms with Crippen LogP contribution in [-0.4, -0.2) is 7.48 Å². The minimum absolute atomic E-state index is 0.0294. The lowest BCUT2D eigenvalue weighted by Gasteiger charge is -2.00. The van der Waals surface area contributed by atoms with Gasteiger partial charge in [0.05, 0.1) is 6.61 Å². The molecule has 0 saturated carbocycles. The molecule has 1 aromatic rings. The van der Waals surface area contributed by atoms with Crippen LogP contribution in [0.5, 0.6) is 0 Å². The second kappa shape index (κ2) is 2.52. The van der Waals surface area contributed by atoms with Crippen molar-refractivity contribution in [3.05, 3.63) is 29.1 Å². The molecule has 12 heavy (non-hydrogen) atoms. The molecule has 2 rings (SSSR count). The van der Waals surface area contributed by atoms with Gasteiger partial charge in [0.25, 0.3) is 0 Å². The zero-order chi connectivity index (χ0) is 8.72. The van der Waals surface area contributed by atoms with Crippen molar-refractivity contribution in [1.29, 1.82) is 0 Å². The minimum atomic E-state index is -1.44. The summed E-state index contributed by atoms with van der Waals surface area (Å²) in [4.78, 5) is 0. The molecule has 0 bridgehead atoms. The molecule has 0 atom stereocenters. The zero-order valence-electron chi connectivity index (χ0n) is 5.90. The molecule has 1 aliphatic rings. The second-order valence-electron chi connectivity index (χ2n) is 2.48. The Kier molecular flexibility index (Phi) is 1.61. The van der Waals surface area contributed by atoms with E-state index in [0.29, 0.717) is 0 Å². The number of hydrogen-bond donors (Lipinski definition) is 0. The molecular weight excluding hydrogens is 168 g/mol. The Morgan fingerprint density at radius 2 is 2.00 bits per heavy atom. The highest BCUT2D eigenvalue weighted by Gasteiger charge is 2.23. The maximum absolute atomic E-state index is 12.8. The third-order valence-electron chi connectivity index (χ3n) is 1.74. The molecule has 0 spiro atoms. The summed E-state index contributed by atoms with van der Waals surface area (Å²) in [7, 11) is 1.21. The first-order chi connectivity index (χ1) is 5.70. The Morgan fingerprint density at radius 1 is 1.25 bits per heavy atom. The van der Waals surface area contributed by atoms with Crippen LogP contribution in [0.1, 0.15) is 5.56 Å². The fourth-order valence-corrected chi connectivity index (χ4v) is 1.12. The predicted molar refractivity (Wildman–Crippen MR) is 36.5 cm³/mol. The van der Waals surface area contributed by atoms with Gasteiger partial charge < -0.3 is 4.65 Å². The van der Waals surface area contributed by atoms with Crippen molar-refractivity contribution in [2.24, 2.45) is 0 Å². The van der Waals surface area contributed by atoms with Crippen LogP contribution in [0.15, 0.2) is 6.07 Å². The Morgan fingerprint density at radius 3 is 2.75 bits per heavy atom. The number of halogens is 3. The van der Waals surface area contributed by atoms with Crippen molar-refractivity contribution < 1.29 is 17.8 Å². The van der Waals surface area contributed by atoms with Crippen molar-refractivity contribution in [2.75, 3.05) is 0 Å². The minimum Gasteiger partial charge on any atom is -0.430 e. The van der Waals surface area contributed by atoms with Crippen molar-refractivity contribution in [3.8, 4) is 0 Å². The molecule has 0 fully saturated rings. The smallest absolute Gasteiger partial charge is 0.331 e. The van der Waals surface area contributed by atoms with Gasteiger partial charge in [-0.3, -0.25) is 0 Å². The molecule has 5 heteroatoms. The molecule has 0 aromatic heterocycles. The van der Waals surface area contributed by atoms with Crippen LogP contribution >= 0.6 is 0 Å². The molecule has 1 nitrogen and oxygen atoms in total. The number of fused-ring (bicyclic) bond motifs is 1. The fourth-order valence-electron chi connectivity index (χ4n) is 1.12. The first kappa shape index (κ1) is 7.67. The normalized spacial score (nSPS) is 14.2. The molecule has 1 radical (unpaired) electrons. The topological polar surface area (TPSA) is 9.23 Å². The summed E-state index contributed by atoms with van der Waals surface area (Å²) in [5, 5.41) is 0. The van der Waals surface area contributed by atoms with Crippen molar-refractivity contribution >= 4 is 12.9 Å². The van der Waals surface area contributed by atoms with E-state index in [0.717, 1.165) is 6.07 Å². The summed E-state index contributed by atoms with van der Waals surface area (Å²) in [6.45, 7) is -0.0294. The van der Waals surface area contributed by atoms with E-state index in [1.54, 1.807) is 0 Å². The molecule has 1 aliphatic heterocycles. The van der Waals surface area contributed by atoms with Crippen LogP contribution in [0.3, 0.4) is 0 Å². The van der Waals surface area contributed by atoms with Crippen LogP contribution < -0.4 is 5.46 Å². The summed E-state index contributed by atoms with van der Waals surface area (Å²) in [6, 6.07) is 0.917. The molecular formula is C7H3BF3O. The van der Waals surface area contributed by atoms with Gasteiger partial charge in [-0.25, -0.2) is 13.2 Å². The monoisotopic (exact) mass is 171 g/mol. The predicted octanol–water partition coefficient (Wildman–Crippen LogP) is 0.879. The zero-order valence-corrected chi connectivity index (χ0v) is 5.90. The fraction of sp³-hybridized carbons (Fsp3) is 0.143. The van der Waals surface area contributed by atoms with E-state index in [-0.39, 0.29) is 17.6 Å². The highest BCUT2D eigenvalue weighted by molar-refractivity contribution is 6.48. The Bertz CT molecular complexity index is 340.